The minimum absolute atomic E-state index is 0.0282. The van der Waals surface area contributed by atoms with E-state index in [-0.39, 0.29) is 33.1 Å². The first-order valence-electron chi connectivity index (χ1n) is 13.1. The first kappa shape index (κ1) is 28.9. The molecular weight excluding hydrogens is 564 g/mol. The van der Waals surface area contributed by atoms with Crippen LogP contribution in [0.3, 0.4) is 0 Å². The number of piperidine rings is 1. The van der Waals surface area contributed by atoms with Gasteiger partial charge in [-0.05, 0) is 74.0 Å². The van der Waals surface area contributed by atoms with Crippen molar-refractivity contribution in [1.82, 2.24) is 4.90 Å². The number of carbonyl (C=O) groups excluding carboxylic acids is 2. The molecule has 6 nitrogen and oxygen atoms in total. The molecule has 1 atom stereocenters. The van der Waals surface area contributed by atoms with Crippen LogP contribution in [0, 0.1) is 0 Å². The average Bonchev–Trinajstić information content (AvgIpc) is 3.18. The molecule has 0 saturated carbocycles. The Hall–Kier alpha value is -3.63. The van der Waals surface area contributed by atoms with Crippen LogP contribution < -0.4 is 9.64 Å². The van der Waals surface area contributed by atoms with Crippen LogP contribution in [-0.4, -0.2) is 43.7 Å². The smallest absolute Gasteiger partial charge is 0.416 e. The summed E-state index contributed by atoms with van der Waals surface area (Å²) in [5.41, 5.74) is -3.84. The molecule has 1 amide bonds. The molecular formula is C30H27ClF4N2O4. The number of alkyl halides is 4. The van der Waals surface area contributed by atoms with Crippen molar-refractivity contribution in [2.75, 3.05) is 31.8 Å². The lowest BCUT2D eigenvalue weighted by Gasteiger charge is -2.26. The quantitative estimate of drug-likeness (QED) is 0.226. The molecule has 2 aliphatic rings. The van der Waals surface area contributed by atoms with Crippen molar-refractivity contribution in [3.63, 3.8) is 0 Å². The maximum Gasteiger partial charge on any atom is 0.416 e. The molecule has 0 N–H and O–H groups in total. The first-order valence-corrected chi connectivity index (χ1v) is 13.4. The second kappa shape index (κ2) is 11.3. The van der Waals surface area contributed by atoms with E-state index < -0.39 is 36.0 Å². The third-order valence-electron chi connectivity index (χ3n) is 7.43. The Bertz CT molecular complexity index is 1460. The molecule has 3 aromatic rings. The van der Waals surface area contributed by atoms with Gasteiger partial charge in [-0.1, -0.05) is 36.2 Å². The van der Waals surface area contributed by atoms with E-state index in [0.29, 0.717) is 17.0 Å². The number of hydrogen-bond acceptors (Lipinski definition) is 5. The Labute approximate surface area is 239 Å². The molecule has 41 heavy (non-hydrogen) atoms. The second-order valence-corrected chi connectivity index (χ2v) is 10.5. The second-order valence-electron chi connectivity index (χ2n) is 10.1. The summed E-state index contributed by atoms with van der Waals surface area (Å²) in [4.78, 5) is 29.4. The molecule has 216 valence electrons. The van der Waals surface area contributed by atoms with Gasteiger partial charge in [0.25, 0.3) is 5.91 Å². The molecule has 2 heterocycles. The molecule has 0 unspecified atom stereocenters. The molecule has 5 rings (SSSR count). The van der Waals surface area contributed by atoms with E-state index >= 15 is 4.39 Å². The number of nitrogens with zero attached hydrogens (tertiary/aromatic N) is 2. The zero-order chi connectivity index (χ0) is 29.4. The van der Waals surface area contributed by atoms with Gasteiger partial charge in [0, 0.05) is 22.7 Å². The highest BCUT2D eigenvalue weighted by Crippen LogP contribution is 2.51. The number of methoxy groups -OCH3 is 1. The number of carbonyl (C=O) groups is 2. The van der Waals surface area contributed by atoms with Crippen LogP contribution in [0.15, 0.2) is 60.7 Å². The van der Waals surface area contributed by atoms with Gasteiger partial charge in [0.1, 0.15) is 5.75 Å². The van der Waals surface area contributed by atoms with Crippen LogP contribution in [0.5, 0.6) is 5.75 Å². The van der Waals surface area contributed by atoms with Crippen LogP contribution in [-0.2, 0) is 27.9 Å². The lowest BCUT2D eigenvalue weighted by Crippen LogP contribution is -2.40. The van der Waals surface area contributed by atoms with Crippen LogP contribution in [0.25, 0.3) is 0 Å². The number of rotatable bonds is 7. The van der Waals surface area contributed by atoms with E-state index in [1.807, 2.05) is 0 Å². The maximum atomic E-state index is 16.9. The largest absolute Gasteiger partial charge is 0.496 e. The van der Waals surface area contributed by atoms with E-state index in [0.717, 1.165) is 44.1 Å². The van der Waals surface area contributed by atoms with Gasteiger partial charge in [0.2, 0.25) is 5.67 Å². The summed E-state index contributed by atoms with van der Waals surface area (Å²) in [5, 5.41) is 0.0905. The van der Waals surface area contributed by atoms with Gasteiger partial charge in [-0.2, -0.15) is 13.2 Å². The van der Waals surface area contributed by atoms with E-state index in [9.17, 15) is 22.8 Å². The van der Waals surface area contributed by atoms with Gasteiger partial charge in [-0.15, -0.1) is 0 Å². The van der Waals surface area contributed by atoms with E-state index in [1.165, 1.54) is 31.7 Å². The molecule has 2 aliphatic heterocycles. The fourth-order valence-corrected chi connectivity index (χ4v) is 5.47. The Morgan fingerprint density at radius 3 is 2.34 bits per heavy atom. The van der Waals surface area contributed by atoms with E-state index in [4.69, 9.17) is 21.1 Å². The minimum atomic E-state index is -4.76. The van der Waals surface area contributed by atoms with Crippen molar-refractivity contribution in [3.8, 4) is 5.75 Å². The SMILES string of the molecule is COc1ccc(Cl)cc1[C@]1(F)C(=O)N(COC(=O)c2ccc(CN3CCCCC3)cc2)c2cc(C(F)(F)F)ccc21. The van der Waals surface area contributed by atoms with Crippen LogP contribution in [0.4, 0.5) is 23.2 Å². The highest BCUT2D eigenvalue weighted by molar-refractivity contribution is 6.30. The normalized spacial score (nSPS) is 19.3. The number of amides is 1. The Morgan fingerprint density at radius 2 is 1.68 bits per heavy atom. The molecule has 0 radical (unpaired) electrons. The predicted molar refractivity (Wildman–Crippen MR) is 145 cm³/mol. The summed E-state index contributed by atoms with van der Waals surface area (Å²) in [6.45, 7) is 1.97. The number of esters is 1. The Morgan fingerprint density at radius 1 is 0.976 bits per heavy atom. The average molecular weight is 591 g/mol. The monoisotopic (exact) mass is 590 g/mol. The summed E-state index contributed by atoms with van der Waals surface area (Å²) in [6, 6.07) is 13.0. The lowest BCUT2D eigenvalue weighted by molar-refractivity contribution is -0.137. The van der Waals surface area contributed by atoms with Gasteiger partial charge < -0.3 is 9.47 Å². The van der Waals surface area contributed by atoms with E-state index in [2.05, 4.69) is 4.90 Å². The van der Waals surface area contributed by atoms with Crippen molar-refractivity contribution in [2.24, 2.45) is 0 Å². The molecule has 3 aromatic carbocycles. The summed E-state index contributed by atoms with van der Waals surface area (Å²) >= 11 is 6.08. The lowest BCUT2D eigenvalue weighted by atomic mass is 9.88. The van der Waals surface area contributed by atoms with Gasteiger partial charge in [-0.25, -0.2) is 9.18 Å². The third kappa shape index (κ3) is 5.63. The van der Waals surface area contributed by atoms with E-state index in [1.54, 1.807) is 24.3 Å². The molecule has 0 bridgehead atoms. The van der Waals surface area contributed by atoms with Gasteiger partial charge in [-0.3, -0.25) is 14.6 Å². The van der Waals surface area contributed by atoms with Crippen LogP contribution in [0.1, 0.15) is 51.9 Å². The fourth-order valence-electron chi connectivity index (χ4n) is 5.30. The highest BCUT2D eigenvalue weighted by atomic mass is 35.5. The first-order chi connectivity index (χ1) is 19.5. The summed E-state index contributed by atoms with van der Waals surface area (Å²) in [7, 11) is 1.26. The van der Waals surface area contributed by atoms with Crippen molar-refractivity contribution < 1.29 is 36.6 Å². The molecule has 0 aliphatic carbocycles. The van der Waals surface area contributed by atoms with Crippen molar-refractivity contribution in [3.05, 3.63) is 93.5 Å². The molecule has 0 aromatic heterocycles. The fraction of sp³-hybridized carbons (Fsp3) is 0.333. The summed E-state index contributed by atoms with van der Waals surface area (Å²) in [6.07, 6.45) is -1.24. The molecule has 1 saturated heterocycles. The van der Waals surface area contributed by atoms with Gasteiger partial charge in [0.05, 0.1) is 23.9 Å². The number of ether oxygens (including phenoxy) is 2. The number of hydrogen-bond donors (Lipinski definition) is 0. The summed E-state index contributed by atoms with van der Waals surface area (Å²) < 4.78 is 68.1. The third-order valence-corrected chi connectivity index (χ3v) is 7.66. The Balaban J connectivity index is 1.41. The van der Waals surface area contributed by atoms with Crippen LogP contribution in [0.2, 0.25) is 5.02 Å². The van der Waals surface area contributed by atoms with Crippen molar-refractivity contribution >= 4 is 29.2 Å². The maximum absolute atomic E-state index is 16.9. The number of benzene rings is 3. The van der Waals surface area contributed by atoms with Gasteiger partial charge >= 0.3 is 12.1 Å². The molecule has 1 fully saturated rings. The molecule has 11 heteroatoms. The topological polar surface area (TPSA) is 59.1 Å². The number of fused-ring (bicyclic) bond motifs is 1. The van der Waals surface area contributed by atoms with Crippen molar-refractivity contribution in [1.29, 1.82) is 0 Å². The zero-order valence-electron chi connectivity index (χ0n) is 22.1. The van der Waals surface area contributed by atoms with Crippen LogP contribution >= 0.6 is 11.6 Å². The molecule has 0 spiro atoms. The predicted octanol–water partition coefficient (Wildman–Crippen LogP) is 6.73. The van der Waals surface area contributed by atoms with Crippen molar-refractivity contribution in [2.45, 2.75) is 37.7 Å². The highest BCUT2D eigenvalue weighted by Gasteiger charge is 2.55. The number of anilines is 1. The standard InChI is InChI=1S/C30H27ClF4N2O4/c1-40-26-12-10-22(31)16-24(26)29(32)23-11-9-21(30(33,34)35)15-25(23)37(28(29)39)18-41-27(38)20-7-5-19(6-8-20)17-36-13-3-2-4-14-36/h5-12,15-16H,2-4,13-14,17-18H2,1H3/t29-/m0/s1. The zero-order valence-corrected chi connectivity index (χ0v) is 22.9. The number of likely N-dealkylation sites (tertiary alicyclic amines) is 1. The van der Waals surface area contributed by atoms with Gasteiger partial charge in [0.15, 0.2) is 6.73 Å². The summed E-state index contributed by atoms with van der Waals surface area (Å²) in [5.74, 6) is -2.08. The minimum Gasteiger partial charge on any atom is -0.496 e. The Kier molecular flexibility index (Phi) is 7.98. The number of halogens is 5.